The van der Waals surface area contributed by atoms with E-state index in [1.165, 1.54) is 42.4 Å². The van der Waals surface area contributed by atoms with Crippen LogP contribution >= 0.6 is 11.3 Å². The molecule has 0 aliphatic carbocycles. The predicted molar refractivity (Wildman–Crippen MR) is 96.9 cm³/mol. The molecule has 0 bridgehead atoms. The zero-order chi connectivity index (χ0) is 19.6. The molecule has 11 heteroatoms. The summed E-state index contributed by atoms with van der Waals surface area (Å²) < 4.78 is 30.3. The van der Waals surface area contributed by atoms with Crippen LogP contribution in [0, 0.1) is 0 Å². The largest absolute Gasteiger partial charge is 0.468 e. The number of sulfone groups is 1. The maximum absolute atomic E-state index is 12.3. The highest BCUT2D eigenvalue weighted by atomic mass is 32.2. The molecule has 0 saturated heterocycles. The van der Waals surface area contributed by atoms with Crippen LogP contribution in [0.5, 0.6) is 0 Å². The molecule has 0 unspecified atom stereocenters. The number of carbonyl (C=O) groups is 2. The van der Waals surface area contributed by atoms with E-state index in [0.717, 1.165) is 17.6 Å². The molecule has 3 aromatic rings. The first-order valence-electron chi connectivity index (χ1n) is 7.55. The molecule has 0 radical (unpaired) electrons. The number of aromatic nitrogens is 3. The lowest BCUT2D eigenvalue weighted by Crippen LogP contribution is -2.22. The number of amides is 1. The Hall–Kier alpha value is -2.92. The maximum Gasteiger partial charge on any atom is 0.325 e. The zero-order valence-corrected chi connectivity index (χ0v) is 16.0. The van der Waals surface area contributed by atoms with Crippen molar-refractivity contribution in [1.82, 2.24) is 14.5 Å². The second kappa shape index (κ2) is 7.37. The van der Waals surface area contributed by atoms with Gasteiger partial charge in [0.1, 0.15) is 12.2 Å². The van der Waals surface area contributed by atoms with Crippen molar-refractivity contribution in [3.05, 3.63) is 47.3 Å². The van der Waals surface area contributed by atoms with Crippen molar-refractivity contribution < 1.29 is 22.7 Å². The second-order valence-electron chi connectivity index (χ2n) is 5.46. The maximum atomic E-state index is 12.3. The molecule has 2 heterocycles. The Balaban J connectivity index is 2.20. The lowest BCUT2D eigenvalue weighted by atomic mass is 10.3. The van der Waals surface area contributed by atoms with Crippen LogP contribution in [-0.4, -0.2) is 48.2 Å². The number of ether oxygens (including phenoxy) is 1. The minimum absolute atomic E-state index is 0.0522. The molecule has 0 fully saturated rings. The molecule has 140 valence electrons. The molecular formula is C16H14N4O5S2. The number of nitrogens with zero attached hydrogens (tertiary/aromatic N) is 4. The van der Waals surface area contributed by atoms with Gasteiger partial charge in [-0.25, -0.2) is 13.4 Å². The Kier molecular flexibility index (Phi) is 5.15. The van der Waals surface area contributed by atoms with Gasteiger partial charge in [0.25, 0.3) is 5.91 Å². The highest BCUT2D eigenvalue weighted by molar-refractivity contribution is 7.90. The Labute approximate surface area is 157 Å². The third-order valence-corrected chi connectivity index (χ3v) is 5.73. The molecule has 27 heavy (non-hydrogen) atoms. The lowest BCUT2D eigenvalue weighted by molar-refractivity contribution is -0.141. The molecule has 0 aliphatic heterocycles. The molecule has 0 aliphatic rings. The van der Waals surface area contributed by atoms with Crippen LogP contribution in [0.3, 0.4) is 0 Å². The fourth-order valence-corrected chi connectivity index (χ4v) is 4.06. The minimum Gasteiger partial charge on any atom is -0.468 e. The summed E-state index contributed by atoms with van der Waals surface area (Å²) in [6.45, 7) is -0.179. The third-order valence-electron chi connectivity index (χ3n) is 3.58. The van der Waals surface area contributed by atoms with E-state index in [-0.39, 0.29) is 21.9 Å². The van der Waals surface area contributed by atoms with E-state index in [1.807, 2.05) is 0 Å². The summed E-state index contributed by atoms with van der Waals surface area (Å²) in [7, 11) is -2.15. The van der Waals surface area contributed by atoms with E-state index in [4.69, 9.17) is 4.74 Å². The Morgan fingerprint density at radius 1 is 1.30 bits per heavy atom. The first kappa shape index (κ1) is 18.9. The lowest BCUT2D eigenvalue weighted by Gasteiger charge is -2.04. The number of hydrogen-bond acceptors (Lipinski definition) is 8. The van der Waals surface area contributed by atoms with Gasteiger partial charge in [0.2, 0.25) is 0 Å². The number of benzene rings is 1. The van der Waals surface area contributed by atoms with Crippen LogP contribution in [0.2, 0.25) is 0 Å². The van der Waals surface area contributed by atoms with Crippen molar-refractivity contribution in [2.75, 3.05) is 13.4 Å². The van der Waals surface area contributed by atoms with Crippen molar-refractivity contribution >= 4 is 43.3 Å². The normalized spacial score (nSPS) is 12.3. The van der Waals surface area contributed by atoms with Crippen LogP contribution < -0.4 is 4.80 Å². The number of thiazole rings is 1. The van der Waals surface area contributed by atoms with Gasteiger partial charge in [0.15, 0.2) is 14.6 Å². The summed E-state index contributed by atoms with van der Waals surface area (Å²) >= 11 is 1.08. The minimum atomic E-state index is -3.40. The highest BCUT2D eigenvalue weighted by Crippen LogP contribution is 2.22. The van der Waals surface area contributed by atoms with Crippen molar-refractivity contribution in [1.29, 1.82) is 0 Å². The van der Waals surface area contributed by atoms with E-state index in [0.29, 0.717) is 10.2 Å². The van der Waals surface area contributed by atoms with Crippen LogP contribution in [0.25, 0.3) is 10.2 Å². The standard InChI is InChI=1S/C16H14N4O5S2/c1-25-14(21)9-20-12-4-3-10(27(2,23)24)7-13(12)26-16(20)19-15(22)11-8-17-5-6-18-11/h3-8H,9H2,1-2H3. The predicted octanol–water partition coefficient (Wildman–Crippen LogP) is 0.810. The summed E-state index contributed by atoms with van der Waals surface area (Å²) in [5, 5.41) is 0. The van der Waals surface area contributed by atoms with Gasteiger partial charge < -0.3 is 9.30 Å². The summed E-state index contributed by atoms with van der Waals surface area (Å²) in [6.07, 6.45) is 5.19. The third kappa shape index (κ3) is 4.09. The van der Waals surface area contributed by atoms with Crippen molar-refractivity contribution in [2.24, 2.45) is 4.99 Å². The molecule has 0 spiro atoms. The van der Waals surface area contributed by atoms with E-state index in [9.17, 15) is 18.0 Å². The van der Waals surface area contributed by atoms with E-state index < -0.39 is 21.7 Å². The van der Waals surface area contributed by atoms with E-state index in [2.05, 4.69) is 15.0 Å². The van der Waals surface area contributed by atoms with Gasteiger partial charge in [-0.15, -0.1) is 0 Å². The fraction of sp³-hybridized carbons (Fsp3) is 0.188. The smallest absolute Gasteiger partial charge is 0.325 e. The topological polar surface area (TPSA) is 121 Å². The second-order valence-corrected chi connectivity index (χ2v) is 8.48. The fourth-order valence-electron chi connectivity index (χ4n) is 2.27. The quantitative estimate of drug-likeness (QED) is 0.588. The molecule has 0 atom stereocenters. The average Bonchev–Trinajstić information content (AvgIpc) is 2.98. The molecule has 9 nitrogen and oxygen atoms in total. The van der Waals surface area contributed by atoms with Gasteiger partial charge >= 0.3 is 5.97 Å². The van der Waals surface area contributed by atoms with Crippen molar-refractivity contribution in [2.45, 2.75) is 11.4 Å². The first-order valence-corrected chi connectivity index (χ1v) is 10.3. The van der Waals surface area contributed by atoms with Crippen LogP contribution in [0.4, 0.5) is 0 Å². The van der Waals surface area contributed by atoms with Crippen LogP contribution in [0.1, 0.15) is 10.5 Å². The molecule has 0 N–H and O–H groups in total. The number of rotatable bonds is 4. The Morgan fingerprint density at radius 2 is 2.07 bits per heavy atom. The Morgan fingerprint density at radius 3 is 2.70 bits per heavy atom. The number of fused-ring (bicyclic) bond motifs is 1. The van der Waals surface area contributed by atoms with Crippen molar-refractivity contribution in [3.63, 3.8) is 0 Å². The molecule has 1 aromatic carbocycles. The Bertz CT molecular complexity index is 1200. The molecule has 2 aromatic heterocycles. The van der Waals surface area contributed by atoms with E-state index in [1.54, 1.807) is 6.07 Å². The number of hydrogen-bond donors (Lipinski definition) is 0. The van der Waals surface area contributed by atoms with Gasteiger partial charge in [-0.1, -0.05) is 11.3 Å². The summed E-state index contributed by atoms with van der Waals surface area (Å²) in [5.74, 6) is -1.16. The number of carbonyl (C=O) groups excluding carboxylic acids is 2. The molecule has 1 amide bonds. The average molecular weight is 406 g/mol. The van der Waals surface area contributed by atoms with Gasteiger partial charge in [-0.2, -0.15) is 4.99 Å². The summed E-state index contributed by atoms with van der Waals surface area (Å²) in [6, 6.07) is 4.48. The SMILES string of the molecule is COC(=O)Cn1c(=NC(=O)c2cnccn2)sc2cc(S(C)(=O)=O)ccc21. The van der Waals surface area contributed by atoms with Crippen LogP contribution in [-0.2, 0) is 25.9 Å². The molecular weight excluding hydrogens is 392 g/mol. The van der Waals surface area contributed by atoms with Gasteiger partial charge in [-0.05, 0) is 18.2 Å². The monoisotopic (exact) mass is 406 g/mol. The summed E-state index contributed by atoms with van der Waals surface area (Å²) in [5.41, 5.74) is 0.611. The zero-order valence-electron chi connectivity index (χ0n) is 14.3. The highest BCUT2D eigenvalue weighted by Gasteiger charge is 2.15. The summed E-state index contributed by atoms with van der Waals surface area (Å²) in [4.78, 5) is 36.2. The number of esters is 1. The molecule has 0 saturated carbocycles. The van der Waals surface area contributed by atoms with Gasteiger partial charge in [-0.3, -0.25) is 14.6 Å². The van der Waals surface area contributed by atoms with Gasteiger partial charge in [0, 0.05) is 18.6 Å². The number of methoxy groups -OCH3 is 1. The molecule has 3 rings (SSSR count). The van der Waals surface area contributed by atoms with Gasteiger partial charge in [0.05, 0.1) is 28.4 Å². The van der Waals surface area contributed by atoms with E-state index >= 15 is 0 Å². The first-order chi connectivity index (χ1) is 12.8. The van der Waals surface area contributed by atoms with Crippen molar-refractivity contribution in [3.8, 4) is 0 Å². The van der Waals surface area contributed by atoms with Crippen LogP contribution in [0.15, 0.2) is 46.7 Å².